The summed E-state index contributed by atoms with van der Waals surface area (Å²) < 4.78 is 10.6. The number of carbonyl (C=O) groups excluding carboxylic acids is 1. The quantitative estimate of drug-likeness (QED) is 0.710. The number of aromatic nitrogens is 2. The first-order chi connectivity index (χ1) is 12.0. The van der Waals surface area contributed by atoms with Crippen LogP contribution in [0.1, 0.15) is 18.1 Å². The summed E-state index contributed by atoms with van der Waals surface area (Å²) in [6.07, 6.45) is 2.19. The minimum Gasteiger partial charge on any atom is -0.493 e. The van der Waals surface area contributed by atoms with E-state index >= 15 is 0 Å². The molecule has 0 saturated heterocycles. The number of nitrogens with zero attached hydrogens (tertiary/aromatic N) is 2. The number of benzene rings is 2. The molecule has 1 heterocycles. The van der Waals surface area contributed by atoms with E-state index in [-0.39, 0.29) is 5.78 Å². The summed E-state index contributed by atoms with van der Waals surface area (Å²) in [5.41, 5.74) is 5.33. The number of aryl methyl sites for hydroxylation is 1. The molecule has 5 nitrogen and oxygen atoms in total. The topological polar surface area (TPSA) is 61.3 Å². The minimum atomic E-state index is 0.155. The Morgan fingerprint density at radius 3 is 2.32 bits per heavy atom. The fourth-order valence-electron chi connectivity index (χ4n) is 2.80. The molecule has 0 aliphatic heterocycles. The van der Waals surface area contributed by atoms with E-state index in [0.29, 0.717) is 17.9 Å². The van der Waals surface area contributed by atoms with Crippen molar-refractivity contribution in [2.24, 2.45) is 0 Å². The van der Waals surface area contributed by atoms with Gasteiger partial charge in [-0.05, 0) is 31.0 Å². The van der Waals surface area contributed by atoms with Crippen molar-refractivity contribution in [2.45, 2.75) is 20.3 Å². The van der Waals surface area contributed by atoms with Gasteiger partial charge in [0.1, 0.15) is 5.78 Å². The van der Waals surface area contributed by atoms with Crippen LogP contribution in [0, 0.1) is 6.92 Å². The summed E-state index contributed by atoms with van der Waals surface area (Å²) in [5, 5.41) is 0. The van der Waals surface area contributed by atoms with Crippen LogP contribution in [0.2, 0.25) is 0 Å². The van der Waals surface area contributed by atoms with Crippen molar-refractivity contribution in [3.63, 3.8) is 0 Å². The van der Waals surface area contributed by atoms with Crippen LogP contribution >= 0.6 is 0 Å². The summed E-state index contributed by atoms with van der Waals surface area (Å²) in [7, 11) is 3.19. The van der Waals surface area contributed by atoms with Gasteiger partial charge in [0.2, 0.25) is 0 Å². The zero-order chi connectivity index (χ0) is 18.0. The molecule has 0 unspecified atom stereocenters. The number of ether oxygens (including phenoxy) is 2. The Bertz CT molecular complexity index is 951. The molecular weight excluding hydrogens is 316 g/mol. The van der Waals surface area contributed by atoms with Crippen LogP contribution in [0.5, 0.6) is 11.5 Å². The van der Waals surface area contributed by atoms with Crippen molar-refractivity contribution in [2.75, 3.05) is 14.2 Å². The highest BCUT2D eigenvalue weighted by molar-refractivity contribution is 5.81. The smallest absolute Gasteiger partial charge is 0.163 e. The van der Waals surface area contributed by atoms with Gasteiger partial charge in [0.15, 0.2) is 11.5 Å². The molecule has 3 rings (SSSR count). The van der Waals surface area contributed by atoms with Gasteiger partial charge in [-0.15, -0.1) is 0 Å². The van der Waals surface area contributed by atoms with Crippen molar-refractivity contribution in [3.8, 4) is 22.8 Å². The largest absolute Gasteiger partial charge is 0.493 e. The van der Waals surface area contributed by atoms with E-state index in [9.17, 15) is 4.79 Å². The number of Topliss-reactive ketones (excluding diaryl/α,β-unsaturated/α-hetero) is 1. The molecule has 0 spiro atoms. The second kappa shape index (κ2) is 6.89. The van der Waals surface area contributed by atoms with Gasteiger partial charge < -0.3 is 9.47 Å². The lowest BCUT2D eigenvalue weighted by Gasteiger charge is -2.10. The van der Waals surface area contributed by atoms with Crippen LogP contribution in [-0.4, -0.2) is 30.0 Å². The first-order valence-electron chi connectivity index (χ1n) is 8.00. The Kier molecular flexibility index (Phi) is 4.65. The lowest BCUT2D eigenvalue weighted by molar-refractivity contribution is -0.116. The highest BCUT2D eigenvalue weighted by Crippen LogP contribution is 2.31. The third-order valence-corrected chi connectivity index (χ3v) is 4.13. The molecule has 2 aromatic carbocycles. The highest BCUT2D eigenvalue weighted by atomic mass is 16.5. The van der Waals surface area contributed by atoms with Crippen LogP contribution in [0.3, 0.4) is 0 Å². The molecule has 1 aromatic heterocycles. The molecule has 0 aliphatic carbocycles. The second-order valence-corrected chi connectivity index (χ2v) is 5.97. The molecule has 0 amide bonds. The molecule has 0 atom stereocenters. The standard InChI is InChI=1S/C20H20N2O3/c1-12-7-15(6-5-14(12)8-13(2)23)18-11-21-16-9-19(24-3)20(25-4)10-17(16)22-18/h5-7,9-11H,8H2,1-4H3. The van der Waals surface area contributed by atoms with Crippen LogP contribution in [0.25, 0.3) is 22.3 Å². The molecule has 5 heteroatoms. The van der Waals surface area contributed by atoms with Crippen molar-refractivity contribution < 1.29 is 14.3 Å². The Hall–Kier alpha value is -2.95. The van der Waals surface area contributed by atoms with Gasteiger partial charge in [0.05, 0.1) is 37.1 Å². The maximum absolute atomic E-state index is 11.3. The summed E-state index contributed by atoms with van der Waals surface area (Å²) in [6, 6.07) is 9.62. The minimum absolute atomic E-state index is 0.155. The van der Waals surface area contributed by atoms with Crippen LogP contribution < -0.4 is 9.47 Å². The molecule has 3 aromatic rings. The normalized spacial score (nSPS) is 10.7. The Balaban J connectivity index is 2.04. The van der Waals surface area contributed by atoms with E-state index in [2.05, 4.69) is 4.98 Å². The van der Waals surface area contributed by atoms with Gasteiger partial charge in [-0.2, -0.15) is 0 Å². The average molecular weight is 336 g/mol. The van der Waals surface area contributed by atoms with Gasteiger partial charge in [-0.3, -0.25) is 9.78 Å². The van der Waals surface area contributed by atoms with Crippen molar-refractivity contribution in [3.05, 3.63) is 47.7 Å². The van der Waals surface area contributed by atoms with Gasteiger partial charge in [0, 0.05) is 24.1 Å². The molecule has 0 aliphatic rings. The lowest BCUT2D eigenvalue weighted by Crippen LogP contribution is -1.99. The summed E-state index contributed by atoms with van der Waals surface area (Å²) >= 11 is 0. The predicted octanol–water partition coefficient (Wildman–Crippen LogP) is 3.75. The number of rotatable bonds is 5. The fraction of sp³-hybridized carbons (Fsp3) is 0.250. The van der Waals surface area contributed by atoms with E-state index in [1.54, 1.807) is 27.3 Å². The van der Waals surface area contributed by atoms with Crippen LogP contribution in [0.4, 0.5) is 0 Å². The second-order valence-electron chi connectivity index (χ2n) is 5.97. The third-order valence-electron chi connectivity index (χ3n) is 4.13. The Labute approximate surface area is 146 Å². The Morgan fingerprint density at radius 1 is 1.04 bits per heavy atom. The zero-order valence-electron chi connectivity index (χ0n) is 14.8. The molecular formula is C20H20N2O3. The molecule has 25 heavy (non-hydrogen) atoms. The highest BCUT2D eigenvalue weighted by Gasteiger charge is 2.10. The van der Waals surface area contributed by atoms with Crippen LogP contribution in [0.15, 0.2) is 36.5 Å². The lowest BCUT2D eigenvalue weighted by atomic mass is 10.00. The number of methoxy groups -OCH3 is 2. The van der Waals surface area contributed by atoms with Gasteiger partial charge in [0.25, 0.3) is 0 Å². The summed E-state index contributed by atoms with van der Waals surface area (Å²) in [5.74, 6) is 1.40. The molecule has 0 radical (unpaired) electrons. The molecule has 0 bridgehead atoms. The van der Waals surface area contributed by atoms with Gasteiger partial charge in [-0.1, -0.05) is 12.1 Å². The van der Waals surface area contributed by atoms with E-state index in [1.165, 1.54) is 0 Å². The molecule has 0 saturated carbocycles. The SMILES string of the molecule is COc1cc2ncc(-c3ccc(CC(C)=O)c(C)c3)nc2cc1OC. The van der Waals surface area contributed by atoms with Crippen molar-refractivity contribution >= 4 is 16.8 Å². The monoisotopic (exact) mass is 336 g/mol. The van der Waals surface area contributed by atoms with Gasteiger partial charge in [-0.25, -0.2) is 4.98 Å². The maximum Gasteiger partial charge on any atom is 0.163 e. The summed E-state index contributed by atoms with van der Waals surface area (Å²) in [6.45, 7) is 3.61. The molecule has 0 fully saturated rings. The molecule has 0 N–H and O–H groups in total. The van der Waals surface area contributed by atoms with E-state index < -0.39 is 0 Å². The number of hydrogen-bond acceptors (Lipinski definition) is 5. The summed E-state index contributed by atoms with van der Waals surface area (Å²) in [4.78, 5) is 20.5. The number of hydrogen-bond donors (Lipinski definition) is 0. The average Bonchev–Trinajstić information content (AvgIpc) is 2.61. The van der Waals surface area contributed by atoms with E-state index in [4.69, 9.17) is 14.5 Å². The van der Waals surface area contributed by atoms with Crippen molar-refractivity contribution in [1.29, 1.82) is 0 Å². The first-order valence-corrected chi connectivity index (χ1v) is 8.00. The molecule has 128 valence electrons. The van der Waals surface area contributed by atoms with E-state index in [1.807, 2.05) is 37.3 Å². The van der Waals surface area contributed by atoms with Crippen LogP contribution in [-0.2, 0) is 11.2 Å². The number of ketones is 1. The number of fused-ring (bicyclic) bond motifs is 1. The number of carbonyl (C=O) groups is 1. The third kappa shape index (κ3) is 3.45. The fourth-order valence-corrected chi connectivity index (χ4v) is 2.80. The van der Waals surface area contributed by atoms with Gasteiger partial charge >= 0.3 is 0 Å². The zero-order valence-corrected chi connectivity index (χ0v) is 14.8. The first kappa shape index (κ1) is 16.9. The Morgan fingerprint density at radius 2 is 1.72 bits per heavy atom. The van der Waals surface area contributed by atoms with E-state index in [0.717, 1.165) is 33.4 Å². The van der Waals surface area contributed by atoms with Crippen molar-refractivity contribution in [1.82, 2.24) is 9.97 Å². The maximum atomic E-state index is 11.3. The predicted molar refractivity (Wildman–Crippen MR) is 97.2 cm³/mol.